The van der Waals surface area contributed by atoms with Crippen molar-refractivity contribution in [3.8, 4) is 0 Å². The van der Waals surface area contributed by atoms with E-state index < -0.39 is 0 Å². The van der Waals surface area contributed by atoms with E-state index in [1.807, 2.05) is 0 Å². The van der Waals surface area contributed by atoms with Gasteiger partial charge in [0.25, 0.3) is 0 Å². The molecule has 2 aliphatic carbocycles. The normalized spacial score (nSPS) is 53.1. The van der Waals surface area contributed by atoms with E-state index in [4.69, 9.17) is 0 Å². The lowest BCUT2D eigenvalue weighted by atomic mass is 9.57. The smallest absolute Gasteiger partial charge is 0.0488 e. The maximum Gasteiger partial charge on any atom is 0.0488 e. The Balaban J connectivity index is 2.24. The zero-order chi connectivity index (χ0) is 10.4. The fraction of sp³-hybridized carbons (Fsp3) is 1.00. The van der Waals surface area contributed by atoms with Crippen molar-refractivity contribution >= 4 is 15.9 Å². The van der Waals surface area contributed by atoms with E-state index in [0.717, 1.165) is 11.8 Å². The summed E-state index contributed by atoms with van der Waals surface area (Å²) in [6.07, 6.45) is 6.21. The summed E-state index contributed by atoms with van der Waals surface area (Å²) in [5.74, 6) is 1.53. The third-order valence-corrected chi connectivity index (χ3v) is 4.95. The van der Waals surface area contributed by atoms with Gasteiger partial charge in [-0.1, -0.05) is 29.8 Å². The standard InChI is InChI=1S/C12H21BrO/c1-9-3-11(8-14)4-10(2)6-12(13,5-9)7-11/h9-10,14H,3-8H2,1-2H3. The van der Waals surface area contributed by atoms with E-state index in [1.165, 1.54) is 32.1 Å². The molecule has 2 bridgehead atoms. The van der Waals surface area contributed by atoms with Crippen LogP contribution in [0, 0.1) is 17.3 Å². The molecule has 82 valence electrons. The Kier molecular flexibility index (Phi) is 2.72. The maximum absolute atomic E-state index is 9.62. The molecule has 0 aromatic heterocycles. The lowest BCUT2D eigenvalue weighted by Crippen LogP contribution is -2.48. The minimum Gasteiger partial charge on any atom is -0.396 e. The average Bonchev–Trinajstić information content (AvgIpc) is 1.99. The largest absolute Gasteiger partial charge is 0.396 e. The van der Waals surface area contributed by atoms with Gasteiger partial charge in [-0.2, -0.15) is 0 Å². The summed E-state index contributed by atoms with van der Waals surface area (Å²) in [6.45, 7) is 5.04. The molecule has 2 unspecified atom stereocenters. The highest BCUT2D eigenvalue weighted by Crippen LogP contribution is 2.57. The van der Waals surface area contributed by atoms with Crippen LogP contribution in [0.4, 0.5) is 0 Å². The van der Waals surface area contributed by atoms with Gasteiger partial charge in [0.2, 0.25) is 0 Å². The number of alkyl halides is 1. The first-order valence-corrected chi connectivity index (χ1v) is 6.56. The summed E-state index contributed by atoms with van der Waals surface area (Å²) in [5, 5.41) is 9.62. The molecule has 2 fully saturated rings. The minimum atomic E-state index is 0.235. The molecule has 0 aromatic carbocycles. The van der Waals surface area contributed by atoms with Gasteiger partial charge in [-0.05, 0) is 49.4 Å². The van der Waals surface area contributed by atoms with Crippen LogP contribution in [0.1, 0.15) is 46.0 Å². The molecular weight excluding hydrogens is 240 g/mol. The summed E-state index contributed by atoms with van der Waals surface area (Å²) in [6, 6.07) is 0. The monoisotopic (exact) mass is 260 g/mol. The van der Waals surface area contributed by atoms with Crippen LogP contribution in [0.2, 0.25) is 0 Å². The molecule has 2 saturated carbocycles. The van der Waals surface area contributed by atoms with Crippen LogP contribution in [0.3, 0.4) is 0 Å². The molecule has 0 amide bonds. The number of fused-ring (bicyclic) bond motifs is 2. The Morgan fingerprint density at radius 3 is 2.07 bits per heavy atom. The van der Waals surface area contributed by atoms with Crippen molar-refractivity contribution in [3.05, 3.63) is 0 Å². The molecular formula is C12H21BrO. The van der Waals surface area contributed by atoms with Crippen LogP contribution in [-0.4, -0.2) is 16.0 Å². The Bertz CT molecular complexity index is 212. The van der Waals surface area contributed by atoms with Crippen molar-refractivity contribution in [2.75, 3.05) is 6.61 Å². The van der Waals surface area contributed by atoms with Crippen molar-refractivity contribution in [2.45, 2.75) is 50.3 Å². The zero-order valence-corrected chi connectivity index (χ0v) is 10.8. The van der Waals surface area contributed by atoms with Crippen molar-refractivity contribution < 1.29 is 5.11 Å². The summed E-state index contributed by atoms with van der Waals surface area (Å²) < 4.78 is 0.338. The lowest BCUT2D eigenvalue weighted by molar-refractivity contribution is -0.00934. The fourth-order valence-corrected chi connectivity index (χ4v) is 5.88. The van der Waals surface area contributed by atoms with Crippen LogP contribution in [0.15, 0.2) is 0 Å². The summed E-state index contributed by atoms with van der Waals surface area (Å²) >= 11 is 3.93. The molecule has 2 atom stereocenters. The van der Waals surface area contributed by atoms with Crippen molar-refractivity contribution in [2.24, 2.45) is 17.3 Å². The maximum atomic E-state index is 9.62. The number of rotatable bonds is 1. The predicted molar refractivity (Wildman–Crippen MR) is 62.6 cm³/mol. The molecule has 2 rings (SSSR count). The molecule has 1 nitrogen and oxygen atoms in total. The summed E-state index contributed by atoms with van der Waals surface area (Å²) in [5.41, 5.74) is 0.235. The van der Waals surface area contributed by atoms with Crippen LogP contribution in [0.25, 0.3) is 0 Å². The molecule has 14 heavy (non-hydrogen) atoms. The topological polar surface area (TPSA) is 20.2 Å². The molecule has 2 heteroatoms. The van der Waals surface area contributed by atoms with Gasteiger partial charge < -0.3 is 5.11 Å². The number of halogens is 1. The Morgan fingerprint density at radius 2 is 1.64 bits per heavy atom. The van der Waals surface area contributed by atoms with Gasteiger partial charge in [-0.25, -0.2) is 0 Å². The average molecular weight is 261 g/mol. The Hall–Kier alpha value is 0.440. The number of hydrogen-bond acceptors (Lipinski definition) is 1. The van der Waals surface area contributed by atoms with E-state index in [2.05, 4.69) is 29.8 Å². The summed E-state index contributed by atoms with van der Waals surface area (Å²) in [7, 11) is 0. The summed E-state index contributed by atoms with van der Waals surface area (Å²) in [4.78, 5) is 0. The van der Waals surface area contributed by atoms with Crippen LogP contribution in [-0.2, 0) is 0 Å². The molecule has 1 N–H and O–H groups in total. The number of aliphatic hydroxyl groups excluding tert-OH is 1. The minimum absolute atomic E-state index is 0.235. The highest BCUT2D eigenvalue weighted by atomic mass is 79.9. The Morgan fingerprint density at radius 1 is 1.14 bits per heavy atom. The van der Waals surface area contributed by atoms with E-state index in [-0.39, 0.29) is 5.41 Å². The van der Waals surface area contributed by atoms with Crippen LogP contribution >= 0.6 is 15.9 Å². The lowest BCUT2D eigenvalue weighted by Gasteiger charge is -2.53. The first-order chi connectivity index (χ1) is 6.47. The van der Waals surface area contributed by atoms with Gasteiger partial charge in [0, 0.05) is 10.9 Å². The molecule has 0 heterocycles. The molecule has 0 radical (unpaired) electrons. The quantitative estimate of drug-likeness (QED) is 0.718. The zero-order valence-electron chi connectivity index (χ0n) is 9.22. The van der Waals surface area contributed by atoms with E-state index in [9.17, 15) is 5.11 Å². The third-order valence-electron chi connectivity index (χ3n) is 4.02. The predicted octanol–water partition coefficient (Wildman–Crippen LogP) is 3.35. The van der Waals surface area contributed by atoms with E-state index >= 15 is 0 Å². The third kappa shape index (κ3) is 1.88. The number of aliphatic hydroxyl groups is 1. The Labute approximate surface area is 95.4 Å². The first-order valence-electron chi connectivity index (χ1n) is 5.77. The van der Waals surface area contributed by atoms with Gasteiger partial charge in [0.05, 0.1) is 0 Å². The fourth-order valence-electron chi connectivity index (χ4n) is 4.18. The highest BCUT2D eigenvalue weighted by Gasteiger charge is 2.50. The SMILES string of the molecule is CC1CC2(Br)CC(C)CC(CO)(C1)C2. The van der Waals surface area contributed by atoms with E-state index in [0.29, 0.717) is 10.9 Å². The van der Waals surface area contributed by atoms with Crippen molar-refractivity contribution in [1.82, 2.24) is 0 Å². The van der Waals surface area contributed by atoms with Crippen molar-refractivity contribution in [1.29, 1.82) is 0 Å². The van der Waals surface area contributed by atoms with E-state index in [1.54, 1.807) is 0 Å². The van der Waals surface area contributed by atoms with Gasteiger partial charge >= 0.3 is 0 Å². The van der Waals surface area contributed by atoms with Crippen molar-refractivity contribution in [3.63, 3.8) is 0 Å². The molecule has 0 aliphatic heterocycles. The molecule has 0 aromatic rings. The van der Waals surface area contributed by atoms with Gasteiger partial charge in [-0.15, -0.1) is 0 Å². The van der Waals surface area contributed by atoms with Gasteiger partial charge in [-0.3, -0.25) is 0 Å². The van der Waals surface area contributed by atoms with Crippen LogP contribution < -0.4 is 0 Å². The second-order valence-corrected chi connectivity index (χ2v) is 7.69. The first kappa shape index (κ1) is 10.9. The molecule has 0 saturated heterocycles. The molecule has 0 spiro atoms. The second kappa shape index (κ2) is 3.48. The van der Waals surface area contributed by atoms with Crippen LogP contribution in [0.5, 0.6) is 0 Å². The van der Waals surface area contributed by atoms with Gasteiger partial charge in [0.15, 0.2) is 0 Å². The molecule has 2 aliphatic rings. The van der Waals surface area contributed by atoms with Gasteiger partial charge in [0.1, 0.15) is 0 Å². The number of hydrogen-bond donors (Lipinski definition) is 1. The highest BCUT2D eigenvalue weighted by molar-refractivity contribution is 9.10. The second-order valence-electron chi connectivity index (χ2n) is 6.01.